The van der Waals surface area contributed by atoms with Crippen molar-refractivity contribution in [2.24, 2.45) is 41.4 Å². The maximum Gasteiger partial charge on any atom is 0.327 e. The van der Waals surface area contributed by atoms with Gasteiger partial charge in [-0.15, -0.1) is 0 Å². The molecule has 0 saturated carbocycles. The van der Waals surface area contributed by atoms with E-state index in [1.807, 2.05) is 41.5 Å². The van der Waals surface area contributed by atoms with Crippen LogP contribution in [-0.2, 0) is 60.6 Å². The van der Waals surface area contributed by atoms with Crippen molar-refractivity contribution in [2.45, 2.75) is 111 Å². The van der Waals surface area contributed by atoms with Gasteiger partial charge in [-0.1, -0.05) is 48.5 Å². The van der Waals surface area contributed by atoms with E-state index in [2.05, 4.69) is 17.6 Å². The minimum Gasteiger partial charge on any atom is -0.465 e. The van der Waals surface area contributed by atoms with Crippen LogP contribution in [-0.4, -0.2) is 125 Å². The Bertz CT molecular complexity index is 1310. The fourth-order valence-electron chi connectivity index (χ4n) is 7.53. The van der Waals surface area contributed by atoms with Gasteiger partial charge >= 0.3 is 15.2 Å². The molecule has 0 bridgehead atoms. The van der Waals surface area contributed by atoms with Crippen molar-refractivity contribution in [1.82, 2.24) is 10.6 Å². The third-order valence-corrected chi connectivity index (χ3v) is 14.3. The topological polar surface area (TPSA) is 203 Å². The van der Waals surface area contributed by atoms with Gasteiger partial charge in [0.15, 0.2) is 0 Å². The predicted molar refractivity (Wildman–Crippen MR) is 195 cm³/mol. The van der Waals surface area contributed by atoms with E-state index in [-0.39, 0.29) is 98.9 Å². The molecule has 0 aromatic heterocycles. The molecule has 3 rings (SSSR count). The highest BCUT2D eigenvalue weighted by atomic mass is 31.2. The summed E-state index contributed by atoms with van der Waals surface area (Å²) in [5.74, 6) is -0.476. The van der Waals surface area contributed by atoms with Crippen LogP contribution in [0.3, 0.4) is 0 Å². The Kier molecular flexibility index (Phi) is 17.4. The van der Waals surface area contributed by atoms with Gasteiger partial charge in [0, 0.05) is 27.2 Å². The number of nitrogens with one attached hydrogen (secondary N) is 2. The standard InChI is InChI=1S/C35H64N2O14P2/c1-19-20(2)29(14-45-52(10,42)47-16-31-23(5)25(7)34(36-26(8)40)32(51-31)13-44-18-39)50-30(21(19)3)15-46-53(11,43)48-17-33-35(37-27(9)41)24(6)22(4)28(12-38)49-33/h18-25,28-35,38H,12-17H2,1-11H3,(H,36,40)(H,37,41)/t19?,20?,21?,22?,23?,24?,25?,28-,29+,30-,31-,32+,33+,34?,35?,52?,53?/m1/s1. The van der Waals surface area contributed by atoms with E-state index in [0.29, 0.717) is 6.47 Å². The van der Waals surface area contributed by atoms with Crippen molar-refractivity contribution < 1.29 is 65.7 Å². The molecular formula is C35H64N2O14P2. The molecule has 308 valence electrons. The molecule has 3 saturated heterocycles. The Hall–Kier alpha value is -1.45. The van der Waals surface area contributed by atoms with Crippen LogP contribution in [0.4, 0.5) is 0 Å². The second kappa shape index (κ2) is 20.1. The molecule has 53 heavy (non-hydrogen) atoms. The largest absolute Gasteiger partial charge is 0.465 e. The molecule has 0 aromatic rings. The molecule has 0 aromatic carbocycles. The molecule has 3 fully saturated rings. The van der Waals surface area contributed by atoms with Crippen LogP contribution in [0.1, 0.15) is 62.3 Å². The molecule has 16 nitrogen and oxygen atoms in total. The van der Waals surface area contributed by atoms with Crippen molar-refractivity contribution in [3.05, 3.63) is 0 Å². The van der Waals surface area contributed by atoms with Crippen LogP contribution in [0.5, 0.6) is 0 Å². The number of carbonyl (C=O) groups is 3. The van der Waals surface area contributed by atoms with Gasteiger partial charge in [-0.05, 0) is 41.4 Å². The number of amides is 2. The molecule has 0 radical (unpaired) electrons. The summed E-state index contributed by atoms with van der Waals surface area (Å²) in [7, 11) is -7.21. The van der Waals surface area contributed by atoms with Gasteiger partial charge in [-0.3, -0.25) is 23.5 Å². The number of hydrogen-bond acceptors (Lipinski definition) is 14. The molecular weight excluding hydrogens is 734 g/mol. The van der Waals surface area contributed by atoms with Crippen molar-refractivity contribution in [3.63, 3.8) is 0 Å². The number of ether oxygens (including phenoxy) is 4. The van der Waals surface area contributed by atoms with Crippen LogP contribution in [0.25, 0.3) is 0 Å². The minimum atomic E-state index is -3.62. The van der Waals surface area contributed by atoms with E-state index >= 15 is 0 Å². The number of aliphatic hydroxyl groups is 1. The van der Waals surface area contributed by atoms with Gasteiger partial charge in [-0.25, -0.2) is 0 Å². The lowest BCUT2D eigenvalue weighted by molar-refractivity contribution is -0.164. The zero-order valence-electron chi connectivity index (χ0n) is 33.1. The average Bonchev–Trinajstić information content (AvgIpc) is 3.09. The highest BCUT2D eigenvalue weighted by molar-refractivity contribution is 7.53. The van der Waals surface area contributed by atoms with E-state index in [4.69, 9.17) is 37.0 Å². The summed E-state index contributed by atoms with van der Waals surface area (Å²) in [5, 5.41) is 15.6. The lowest BCUT2D eigenvalue weighted by atomic mass is 9.77. The Morgan fingerprint density at radius 1 is 0.566 bits per heavy atom. The zero-order valence-corrected chi connectivity index (χ0v) is 34.9. The van der Waals surface area contributed by atoms with E-state index in [0.717, 1.165) is 0 Å². The Morgan fingerprint density at radius 2 is 0.887 bits per heavy atom. The third kappa shape index (κ3) is 12.8. The van der Waals surface area contributed by atoms with Crippen LogP contribution >= 0.6 is 15.2 Å². The fraction of sp³-hybridized carbons (Fsp3) is 0.914. The van der Waals surface area contributed by atoms with Crippen LogP contribution in [0.2, 0.25) is 0 Å². The van der Waals surface area contributed by atoms with Crippen molar-refractivity contribution in [1.29, 1.82) is 0 Å². The van der Waals surface area contributed by atoms with E-state index in [9.17, 15) is 28.6 Å². The van der Waals surface area contributed by atoms with E-state index in [1.165, 1.54) is 27.2 Å². The molecule has 17 atom stereocenters. The summed E-state index contributed by atoms with van der Waals surface area (Å²) in [4.78, 5) is 34.6. The Balaban J connectivity index is 1.56. The first-order valence-electron chi connectivity index (χ1n) is 18.6. The maximum atomic E-state index is 13.5. The smallest absolute Gasteiger partial charge is 0.327 e. The van der Waals surface area contributed by atoms with Gasteiger partial charge in [-0.2, -0.15) is 0 Å². The number of hydrogen-bond donors (Lipinski definition) is 3. The van der Waals surface area contributed by atoms with Crippen molar-refractivity contribution in [2.75, 3.05) is 53.0 Å². The molecule has 2 amide bonds. The average molecular weight is 799 g/mol. The maximum absolute atomic E-state index is 13.5. The Morgan fingerprint density at radius 3 is 1.26 bits per heavy atom. The first-order valence-corrected chi connectivity index (χ1v) is 22.6. The summed E-state index contributed by atoms with van der Waals surface area (Å²) in [5.41, 5.74) is 0. The molecule has 3 aliphatic heterocycles. The van der Waals surface area contributed by atoms with Gasteiger partial charge < -0.3 is 52.8 Å². The first-order chi connectivity index (χ1) is 24.7. The summed E-state index contributed by atoms with van der Waals surface area (Å²) in [6, 6.07) is -0.790. The number of rotatable bonds is 18. The van der Waals surface area contributed by atoms with Gasteiger partial charge in [0.05, 0.1) is 69.5 Å². The molecule has 3 N–H and O–H groups in total. The number of carbonyl (C=O) groups excluding carboxylic acids is 3. The first kappa shape index (κ1) is 45.9. The summed E-state index contributed by atoms with van der Waals surface area (Å²) >= 11 is 0. The summed E-state index contributed by atoms with van der Waals surface area (Å²) in [6.07, 6.45) is -3.16. The summed E-state index contributed by atoms with van der Waals surface area (Å²) in [6.45, 7) is 19.5. The van der Waals surface area contributed by atoms with Crippen molar-refractivity contribution in [3.8, 4) is 0 Å². The highest BCUT2D eigenvalue weighted by Gasteiger charge is 2.45. The fourth-order valence-corrected chi connectivity index (χ4v) is 9.35. The normalized spacial score (nSPS) is 40.0. The van der Waals surface area contributed by atoms with Crippen LogP contribution in [0, 0.1) is 41.4 Å². The van der Waals surface area contributed by atoms with Gasteiger partial charge in [0.2, 0.25) is 11.8 Å². The number of aliphatic hydroxyl groups excluding tert-OH is 1. The van der Waals surface area contributed by atoms with Gasteiger partial charge in [0.25, 0.3) is 6.47 Å². The lowest BCUT2D eigenvalue weighted by Crippen LogP contribution is -2.58. The third-order valence-electron chi connectivity index (χ3n) is 11.8. The quantitative estimate of drug-likeness (QED) is 0.134. The lowest BCUT2D eigenvalue weighted by Gasteiger charge is -2.45. The monoisotopic (exact) mass is 798 g/mol. The van der Waals surface area contributed by atoms with E-state index < -0.39 is 57.9 Å². The molecule has 3 heterocycles. The van der Waals surface area contributed by atoms with Crippen molar-refractivity contribution >= 4 is 33.5 Å². The molecule has 0 spiro atoms. The second-order valence-electron chi connectivity index (χ2n) is 15.4. The second-order valence-corrected chi connectivity index (χ2v) is 19.6. The van der Waals surface area contributed by atoms with E-state index in [1.54, 1.807) is 0 Å². The molecule has 3 aliphatic rings. The van der Waals surface area contributed by atoms with Crippen LogP contribution in [0.15, 0.2) is 0 Å². The highest BCUT2D eigenvalue weighted by Crippen LogP contribution is 2.48. The minimum absolute atomic E-state index is 0.0210. The molecule has 18 heteroatoms. The van der Waals surface area contributed by atoms with Gasteiger partial charge in [0.1, 0.15) is 18.8 Å². The Labute approximate surface area is 314 Å². The summed E-state index contributed by atoms with van der Waals surface area (Å²) < 4.78 is 73.8. The SMILES string of the molecule is CC(=O)NC1C(C)C(C)[C@@H](CO)O[C@H]1COP(C)(=O)OC[C@H]1O[C@@H](COP(C)(=O)OC[C@H]2O[C@@H](COC=O)C(NC(C)=O)C(C)C2C)C(C)C(C)C1C. The predicted octanol–water partition coefficient (Wildman–Crippen LogP) is 3.63. The molecule has 0 aliphatic carbocycles. The van der Waals surface area contributed by atoms with Crippen LogP contribution < -0.4 is 10.6 Å². The zero-order chi connectivity index (χ0) is 39.8. The molecule has 11 unspecified atom stereocenters.